The van der Waals surface area contributed by atoms with Crippen LogP contribution >= 0.6 is 0 Å². The Morgan fingerprint density at radius 2 is 1.50 bits per heavy atom. The molecule has 26 heavy (non-hydrogen) atoms. The van der Waals surface area contributed by atoms with Gasteiger partial charge >= 0.3 is 13.2 Å². The largest absolute Gasteiger partial charge is 0.673 e. The lowest BCUT2D eigenvalue weighted by Crippen LogP contribution is -2.81. The Bertz CT molecular complexity index is 650. The topological polar surface area (TPSA) is 61.5 Å². The summed E-state index contributed by atoms with van der Waals surface area (Å²) in [6.45, 7) is 7.88. The number of benzene rings is 1. The van der Waals surface area contributed by atoms with Crippen molar-refractivity contribution in [3.05, 3.63) is 47.9 Å². The van der Waals surface area contributed by atoms with Crippen LogP contribution in [-0.2, 0) is 9.47 Å². The number of ether oxygens (including phenoxy) is 2. The maximum atomic E-state index is 11.8. The average Bonchev–Trinajstić information content (AvgIpc) is 2.70. The Balaban J connectivity index is 0.000000597. The molecular weight excluding hydrogens is 355 g/mol. The van der Waals surface area contributed by atoms with Crippen molar-refractivity contribution in [3.8, 4) is 0 Å². The van der Waals surface area contributed by atoms with Gasteiger partial charge in [-0.05, 0) is 39.8 Å². The molecule has 1 fully saturated rings. The van der Waals surface area contributed by atoms with E-state index in [0.717, 1.165) is 0 Å². The van der Waals surface area contributed by atoms with Crippen molar-refractivity contribution >= 4 is 19.4 Å². The molecule has 2 rings (SSSR count). The van der Waals surface area contributed by atoms with E-state index in [1.807, 2.05) is 45.9 Å². The molecule has 0 atom stereocenters. The molecule has 1 amide bonds. The predicted molar refractivity (Wildman–Crippen MR) is 89.5 cm³/mol. The van der Waals surface area contributed by atoms with Crippen LogP contribution in [0, 0.1) is 0 Å². The van der Waals surface area contributed by atoms with Gasteiger partial charge in [0, 0.05) is 5.56 Å². The van der Waals surface area contributed by atoms with Crippen molar-refractivity contribution in [2.75, 3.05) is 0 Å². The van der Waals surface area contributed by atoms with Crippen LogP contribution < -0.4 is 10.5 Å². The van der Waals surface area contributed by atoms with E-state index >= 15 is 0 Å². The van der Waals surface area contributed by atoms with E-state index in [9.17, 15) is 22.1 Å². The lowest BCUT2D eigenvalue weighted by molar-refractivity contribution is -0.502. The maximum Gasteiger partial charge on any atom is 0.673 e. The van der Waals surface area contributed by atoms with E-state index in [-0.39, 0.29) is 5.91 Å². The second-order valence-electron chi connectivity index (χ2n) is 6.34. The van der Waals surface area contributed by atoms with E-state index in [1.54, 1.807) is 24.4 Å². The predicted octanol–water partition coefficient (Wildman–Crippen LogP) is 2.23. The van der Waals surface area contributed by atoms with E-state index < -0.39 is 18.5 Å². The molecule has 1 aliphatic heterocycles. The Morgan fingerprint density at radius 3 is 1.96 bits per heavy atom. The zero-order valence-electron chi connectivity index (χ0n) is 14.9. The number of carbonyl (C=O) groups excluding carboxylic acids is 1. The van der Waals surface area contributed by atoms with Gasteiger partial charge < -0.3 is 26.7 Å². The van der Waals surface area contributed by atoms with E-state index in [4.69, 9.17) is 9.47 Å². The van der Waals surface area contributed by atoms with Crippen LogP contribution in [0.3, 0.4) is 0 Å². The molecule has 1 heterocycles. The quantitative estimate of drug-likeness (QED) is 0.368. The SMILES string of the molecule is CC1(C)OC(=C/C=[NH+]/NC(=O)c2ccccc2)OC1(C)C.F[B-](F)(F)F. The number of hydrogen-bond donors (Lipinski definition) is 2. The summed E-state index contributed by atoms with van der Waals surface area (Å²) in [5.41, 5.74) is 2.34. The zero-order valence-corrected chi connectivity index (χ0v) is 14.9. The molecule has 1 aliphatic rings. The summed E-state index contributed by atoms with van der Waals surface area (Å²) in [7, 11) is -6.00. The fourth-order valence-electron chi connectivity index (χ4n) is 1.72. The first kappa shape index (κ1) is 21.5. The highest BCUT2D eigenvalue weighted by molar-refractivity contribution is 6.50. The molecule has 0 saturated carbocycles. The van der Waals surface area contributed by atoms with Crippen LogP contribution in [-0.4, -0.2) is 30.6 Å². The van der Waals surface area contributed by atoms with Crippen molar-refractivity contribution in [2.24, 2.45) is 0 Å². The third-order valence-corrected chi connectivity index (χ3v) is 3.69. The number of hydrazone groups is 1. The maximum absolute atomic E-state index is 11.8. The van der Waals surface area contributed by atoms with Gasteiger partial charge in [-0.1, -0.05) is 18.2 Å². The summed E-state index contributed by atoms with van der Waals surface area (Å²) in [6.07, 6.45) is 3.20. The monoisotopic (exact) mass is 376 g/mol. The van der Waals surface area contributed by atoms with Crippen LogP contribution in [0.1, 0.15) is 38.1 Å². The molecule has 1 aromatic carbocycles. The molecule has 1 aromatic rings. The number of allylic oxidation sites excluding steroid dienone is 1. The van der Waals surface area contributed by atoms with Gasteiger partial charge in [0.1, 0.15) is 11.2 Å². The molecule has 144 valence electrons. The highest BCUT2D eigenvalue weighted by Gasteiger charge is 2.48. The highest BCUT2D eigenvalue weighted by atomic mass is 19.5. The van der Waals surface area contributed by atoms with Crippen molar-refractivity contribution < 1.29 is 36.6 Å². The first-order valence-electron chi connectivity index (χ1n) is 7.71. The van der Waals surface area contributed by atoms with Gasteiger partial charge in [0.15, 0.2) is 6.21 Å². The number of nitrogens with one attached hydrogen (secondary N) is 2. The fraction of sp³-hybridized carbons (Fsp3) is 0.375. The minimum atomic E-state index is -6.00. The third kappa shape index (κ3) is 7.16. The molecule has 0 bridgehead atoms. The molecule has 5 nitrogen and oxygen atoms in total. The minimum Gasteiger partial charge on any atom is -0.455 e. The molecule has 0 aromatic heterocycles. The van der Waals surface area contributed by atoms with E-state index in [1.165, 1.54) is 0 Å². The summed E-state index contributed by atoms with van der Waals surface area (Å²) in [5, 5.41) is 2.70. The normalized spacial score (nSPS) is 17.6. The van der Waals surface area contributed by atoms with Crippen LogP contribution in [0.5, 0.6) is 0 Å². The molecule has 0 radical (unpaired) electrons. The number of carbonyl (C=O) groups is 1. The van der Waals surface area contributed by atoms with Crippen LogP contribution in [0.15, 0.2) is 42.4 Å². The Hall–Kier alpha value is -2.52. The highest BCUT2D eigenvalue weighted by Crippen LogP contribution is 2.39. The van der Waals surface area contributed by atoms with Gasteiger partial charge in [-0.3, -0.25) is 4.79 Å². The van der Waals surface area contributed by atoms with Gasteiger partial charge in [-0.2, -0.15) is 0 Å². The summed E-state index contributed by atoms with van der Waals surface area (Å²) >= 11 is 0. The third-order valence-electron chi connectivity index (χ3n) is 3.69. The second-order valence-corrected chi connectivity index (χ2v) is 6.34. The molecular formula is C16H21BF4N2O3. The molecule has 0 spiro atoms. The summed E-state index contributed by atoms with van der Waals surface area (Å²) in [4.78, 5) is 11.8. The summed E-state index contributed by atoms with van der Waals surface area (Å²) < 4.78 is 50.4. The number of halogens is 4. The van der Waals surface area contributed by atoms with Crippen molar-refractivity contribution in [1.82, 2.24) is 5.43 Å². The second kappa shape index (κ2) is 8.24. The van der Waals surface area contributed by atoms with Crippen LogP contribution in [0.2, 0.25) is 0 Å². The molecule has 1 saturated heterocycles. The van der Waals surface area contributed by atoms with Gasteiger partial charge in [0.05, 0.1) is 6.08 Å². The Labute approximate surface area is 149 Å². The summed E-state index contributed by atoms with van der Waals surface area (Å²) in [5.74, 6) is 0.214. The smallest absolute Gasteiger partial charge is 0.455 e. The first-order valence-corrected chi connectivity index (χ1v) is 7.71. The lowest BCUT2D eigenvalue weighted by atomic mass is 9.90. The van der Waals surface area contributed by atoms with Crippen molar-refractivity contribution in [2.45, 2.75) is 38.9 Å². The molecule has 0 unspecified atom stereocenters. The molecule has 0 aliphatic carbocycles. The lowest BCUT2D eigenvalue weighted by Gasteiger charge is -2.28. The number of hydrogen-bond acceptors (Lipinski definition) is 3. The van der Waals surface area contributed by atoms with Crippen LogP contribution in [0.25, 0.3) is 0 Å². The first-order chi connectivity index (χ1) is 11.8. The summed E-state index contributed by atoms with van der Waals surface area (Å²) in [6, 6.07) is 8.96. The fourth-order valence-corrected chi connectivity index (χ4v) is 1.72. The van der Waals surface area contributed by atoms with E-state index in [0.29, 0.717) is 11.5 Å². The van der Waals surface area contributed by atoms with Crippen molar-refractivity contribution in [1.29, 1.82) is 0 Å². The average molecular weight is 376 g/mol. The van der Waals surface area contributed by atoms with Gasteiger partial charge in [-0.15, -0.1) is 10.5 Å². The standard InChI is InChI=1S/C16H20N2O3.BF4/c1-15(2)16(3,4)21-13(20-15)10-11-17-18-14(19)12-8-6-5-7-9-12;2-1(3,4)5/h5-11H,1-4H3,(H,18,19);/q;-1/p+1/b17-11+;. The Kier molecular flexibility index (Phi) is 6.82. The number of rotatable bonds is 3. The number of hydrazine groups is 1. The van der Waals surface area contributed by atoms with E-state index in [2.05, 4.69) is 10.5 Å². The van der Waals surface area contributed by atoms with Gasteiger partial charge in [0.2, 0.25) is 0 Å². The van der Waals surface area contributed by atoms with Crippen LogP contribution in [0.4, 0.5) is 17.3 Å². The van der Waals surface area contributed by atoms with Gasteiger partial charge in [0.25, 0.3) is 5.95 Å². The molecule has 2 N–H and O–H groups in total. The van der Waals surface area contributed by atoms with Crippen molar-refractivity contribution in [3.63, 3.8) is 0 Å². The number of amides is 1. The van der Waals surface area contributed by atoms with Gasteiger partial charge in [-0.25, -0.2) is 0 Å². The minimum absolute atomic E-state index is 0.209. The zero-order chi connectivity index (χ0) is 20.0. The molecule has 10 heteroatoms. The Morgan fingerprint density at radius 1 is 1.04 bits per heavy atom.